The molecular formula is C7H12NO. The fourth-order valence-corrected chi connectivity index (χ4v) is 1.04. The van der Waals surface area contributed by atoms with Gasteiger partial charge in [0.15, 0.2) is 0 Å². The Morgan fingerprint density at radius 1 is 1.56 bits per heavy atom. The monoisotopic (exact) mass is 126 g/mol. The van der Waals surface area contributed by atoms with Crippen molar-refractivity contribution in [2.24, 2.45) is 5.41 Å². The van der Waals surface area contributed by atoms with Crippen LogP contribution in [0.3, 0.4) is 0 Å². The molecule has 1 aliphatic rings. The Hall–Kier alpha value is -0.530. The molecule has 0 saturated carbocycles. The molecule has 0 aromatic rings. The second-order valence-corrected chi connectivity index (χ2v) is 3.37. The fraction of sp³-hybridized carbons (Fsp3) is 0.857. The van der Waals surface area contributed by atoms with Gasteiger partial charge in [-0.25, -0.2) is 0 Å². The predicted molar refractivity (Wildman–Crippen MR) is 35.0 cm³/mol. The first kappa shape index (κ1) is 6.59. The van der Waals surface area contributed by atoms with Crippen molar-refractivity contribution in [3.63, 3.8) is 0 Å². The summed E-state index contributed by atoms with van der Waals surface area (Å²) >= 11 is 0. The van der Waals surface area contributed by atoms with Crippen molar-refractivity contribution in [2.75, 3.05) is 6.54 Å². The third-order valence-electron chi connectivity index (χ3n) is 1.71. The van der Waals surface area contributed by atoms with E-state index in [2.05, 4.69) is 19.2 Å². The van der Waals surface area contributed by atoms with Crippen molar-refractivity contribution < 1.29 is 4.79 Å². The molecular weight excluding hydrogens is 114 g/mol. The molecule has 0 bridgehead atoms. The summed E-state index contributed by atoms with van der Waals surface area (Å²) in [6.07, 6.45) is 1.69. The Balaban J connectivity index is 2.51. The topological polar surface area (TPSA) is 31.2 Å². The minimum Gasteiger partial charge on any atom is -0.273 e. The standard InChI is InChI=1S/C7H12NO/c1-7(2)3-4-8-6(9)5-7/h3-5H2,1-2H3. The molecule has 1 saturated heterocycles. The van der Waals surface area contributed by atoms with Gasteiger partial charge < -0.3 is 0 Å². The number of piperidine rings is 1. The summed E-state index contributed by atoms with van der Waals surface area (Å²) in [6, 6.07) is 0. The van der Waals surface area contributed by atoms with Gasteiger partial charge >= 0.3 is 0 Å². The molecule has 9 heavy (non-hydrogen) atoms. The van der Waals surface area contributed by atoms with Gasteiger partial charge in [0.1, 0.15) is 0 Å². The Morgan fingerprint density at radius 3 is 2.56 bits per heavy atom. The van der Waals surface area contributed by atoms with Crippen LogP contribution in [0.1, 0.15) is 26.7 Å². The largest absolute Gasteiger partial charge is 0.273 e. The van der Waals surface area contributed by atoms with Crippen LogP contribution < -0.4 is 5.32 Å². The van der Waals surface area contributed by atoms with Crippen molar-refractivity contribution in [3.05, 3.63) is 0 Å². The van der Waals surface area contributed by atoms with Gasteiger partial charge in [-0.1, -0.05) is 13.8 Å². The van der Waals surface area contributed by atoms with E-state index in [1.165, 1.54) is 0 Å². The summed E-state index contributed by atoms with van der Waals surface area (Å²) < 4.78 is 0. The van der Waals surface area contributed by atoms with Crippen LogP contribution in [0.4, 0.5) is 0 Å². The first-order valence-corrected chi connectivity index (χ1v) is 3.30. The third-order valence-corrected chi connectivity index (χ3v) is 1.71. The van der Waals surface area contributed by atoms with E-state index in [4.69, 9.17) is 0 Å². The van der Waals surface area contributed by atoms with E-state index < -0.39 is 0 Å². The molecule has 0 aromatic heterocycles. The van der Waals surface area contributed by atoms with Crippen LogP contribution in [-0.4, -0.2) is 12.5 Å². The molecule has 51 valence electrons. The van der Waals surface area contributed by atoms with Gasteiger partial charge in [-0.15, -0.1) is 0 Å². The van der Waals surface area contributed by atoms with Gasteiger partial charge in [0.25, 0.3) is 0 Å². The molecule has 2 nitrogen and oxygen atoms in total. The van der Waals surface area contributed by atoms with Crippen LogP contribution in [0.25, 0.3) is 0 Å². The molecule has 2 heteroatoms. The van der Waals surface area contributed by atoms with E-state index >= 15 is 0 Å². The van der Waals surface area contributed by atoms with Crippen LogP contribution in [0.15, 0.2) is 0 Å². The lowest BCUT2D eigenvalue weighted by Crippen LogP contribution is -2.32. The van der Waals surface area contributed by atoms with Crippen LogP contribution in [0.5, 0.6) is 0 Å². The van der Waals surface area contributed by atoms with Crippen molar-refractivity contribution in [1.82, 2.24) is 5.32 Å². The number of rotatable bonds is 0. The second kappa shape index (κ2) is 2.01. The zero-order chi connectivity index (χ0) is 6.91. The smallest absolute Gasteiger partial charge is 0.241 e. The highest BCUT2D eigenvalue weighted by atomic mass is 16.1. The van der Waals surface area contributed by atoms with Gasteiger partial charge in [-0.3, -0.25) is 10.1 Å². The Morgan fingerprint density at radius 2 is 2.22 bits per heavy atom. The van der Waals surface area contributed by atoms with Gasteiger partial charge in [-0.05, 0) is 11.8 Å². The maximum atomic E-state index is 10.7. The van der Waals surface area contributed by atoms with E-state index in [9.17, 15) is 4.79 Å². The highest BCUT2D eigenvalue weighted by Crippen LogP contribution is 2.27. The molecule has 1 heterocycles. The van der Waals surface area contributed by atoms with Gasteiger partial charge in [0.05, 0.1) is 0 Å². The molecule has 1 radical (unpaired) electrons. The van der Waals surface area contributed by atoms with Gasteiger partial charge in [-0.2, -0.15) is 0 Å². The first-order valence-electron chi connectivity index (χ1n) is 3.30. The quantitative estimate of drug-likeness (QED) is 0.475. The van der Waals surface area contributed by atoms with Crippen LogP contribution in [0, 0.1) is 5.41 Å². The summed E-state index contributed by atoms with van der Waals surface area (Å²) in [5.41, 5.74) is 0.207. The first-order chi connectivity index (χ1) is 4.10. The molecule has 1 fully saturated rings. The summed E-state index contributed by atoms with van der Waals surface area (Å²) in [5.74, 6) is 0.0752. The number of carbonyl (C=O) groups is 1. The number of nitrogens with zero attached hydrogens (tertiary/aromatic N) is 1. The van der Waals surface area contributed by atoms with E-state index in [1.807, 2.05) is 0 Å². The highest BCUT2D eigenvalue weighted by Gasteiger charge is 2.26. The van der Waals surface area contributed by atoms with Crippen molar-refractivity contribution in [3.8, 4) is 0 Å². The SMILES string of the molecule is CC1(C)CC[N]C(=O)C1. The number of hydrogen-bond acceptors (Lipinski definition) is 1. The van der Waals surface area contributed by atoms with Crippen molar-refractivity contribution in [1.29, 1.82) is 0 Å². The van der Waals surface area contributed by atoms with Crippen molar-refractivity contribution >= 4 is 5.91 Å². The maximum Gasteiger partial charge on any atom is 0.241 e. The molecule has 0 atom stereocenters. The van der Waals surface area contributed by atoms with Crippen LogP contribution in [-0.2, 0) is 4.79 Å². The lowest BCUT2D eigenvalue weighted by molar-refractivity contribution is -0.125. The maximum absolute atomic E-state index is 10.7. The molecule has 0 aromatic carbocycles. The van der Waals surface area contributed by atoms with E-state index in [0.29, 0.717) is 6.42 Å². The average molecular weight is 126 g/mol. The minimum atomic E-state index is 0.0752. The second-order valence-electron chi connectivity index (χ2n) is 3.37. The molecule has 0 aliphatic carbocycles. The van der Waals surface area contributed by atoms with Crippen LogP contribution >= 0.6 is 0 Å². The summed E-state index contributed by atoms with van der Waals surface area (Å²) in [4.78, 5) is 10.7. The predicted octanol–water partition coefficient (Wildman–Crippen LogP) is 0.937. The number of carbonyl (C=O) groups excluding carboxylic acids is 1. The average Bonchev–Trinajstić information content (AvgIpc) is 1.60. The van der Waals surface area contributed by atoms with Gasteiger partial charge in [0.2, 0.25) is 5.91 Å². The van der Waals surface area contributed by atoms with Gasteiger partial charge in [0, 0.05) is 13.0 Å². The fourth-order valence-electron chi connectivity index (χ4n) is 1.04. The lowest BCUT2D eigenvalue weighted by Gasteiger charge is -2.27. The Kier molecular flexibility index (Phi) is 1.47. The summed E-state index contributed by atoms with van der Waals surface area (Å²) in [6.45, 7) is 4.95. The molecule has 1 rings (SSSR count). The highest BCUT2D eigenvalue weighted by molar-refractivity contribution is 5.77. The Labute approximate surface area is 55.6 Å². The summed E-state index contributed by atoms with van der Waals surface area (Å²) in [7, 11) is 0. The number of hydrogen-bond donors (Lipinski definition) is 0. The van der Waals surface area contributed by atoms with E-state index in [-0.39, 0.29) is 11.3 Å². The van der Waals surface area contributed by atoms with E-state index in [0.717, 1.165) is 13.0 Å². The molecule has 0 N–H and O–H groups in total. The zero-order valence-corrected chi connectivity index (χ0v) is 5.98. The molecule has 1 amide bonds. The normalized spacial score (nSPS) is 25.3. The number of amides is 1. The Bertz CT molecular complexity index is 129. The molecule has 0 spiro atoms. The molecule has 0 unspecified atom stereocenters. The van der Waals surface area contributed by atoms with E-state index in [1.54, 1.807) is 0 Å². The molecule has 1 aliphatic heterocycles. The summed E-state index contributed by atoms with van der Waals surface area (Å²) in [5, 5.41) is 3.79. The van der Waals surface area contributed by atoms with Crippen molar-refractivity contribution in [2.45, 2.75) is 26.7 Å². The van der Waals surface area contributed by atoms with Crippen LogP contribution in [0.2, 0.25) is 0 Å². The lowest BCUT2D eigenvalue weighted by atomic mass is 9.83. The third kappa shape index (κ3) is 1.70. The zero-order valence-electron chi connectivity index (χ0n) is 5.98. The minimum absolute atomic E-state index is 0.0752.